The second kappa shape index (κ2) is 9.70. The van der Waals surface area contributed by atoms with E-state index in [-0.39, 0.29) is 17.1 Å². The van der Waals surface area contributed by atoms with Crippen LogP contribution in [0.5, 0.6) is 5.75 Å². The summed E-state index contributed by atoms with van der Waals surface area (Å²) in [5.74, 6) is -1.50. The molecule has 0 saturated heterocycles. The SMILES string of the molecule is COC=C(Oc1ccc(Cl)cc1C(=O)NNc1ccccc1Cl)C(=O)OC. The Bertz CT molecular complexity index is 871. The van der Waals surface area contributed by atoms with Gasteiger partial charge in [-0.1, -0.05) is 35.3 Å². The van der Waals surface area contributed by atoms with Gasteiger partial charge in [0.15, 0.2) is 0 Å². The summed E-state index contributed by atoms with van der Waals surface area (Å²) >= 11 is 12.0. The van der Waals surface area contributed by atoms with E-state index in [0.717, 1.165) is 6.26 Å². The van der Waals surface area contributed by atoms with E-state index in [0.29, 0.717) is 15.7 Å². The van der Waals surface area contributed by atoms with Crippen molar-refractivity contribution in [3.05, 3.63) is 70.1 Å². The molecule has 0 unspecified atom stereocenters. The first-order valence-electron chi connectivity index (χ1n) is 7.55. The van der Waals surface area contributed by atoms with Crippen LogP contribution in [0.2, 0.25) is 10.0 Å². The van der Waals surface area contributed by atoms with Crippen LogP contribution in [0, 0.1) is 0 Å². The predicted octanol–water partition coefficient (Wildman–Crippen LogP) is 3.79. The number of carbonyl (C=O) groups is 2. The number of methoxy groups -OCH3 is 2. The normalized spacial score (nSPS) is 10.7. The van der Waals surface area contributed by atoms with E-state index < -0.39 is 11.9 Å². The minimum absolute atomic E-state index is 0.0755. The summed E-state index contributed by atoms with van der Waals surface area (Å²) in [7, 11) is 2.54. The summed E-state index contributed by atoms with van der Waals surface area (Å²) < 4.78 is 14.9. The predicted molar refractivity (Wildman–Crippen MR) is 102 cm³/mol. The molecule has 0 aliphatic heterocycles. The van der Waals surface area contributed by atoms with Gasteiger partial charge in [0.05, 0.1) is 30.5 Å². The molecular weight excluding hydrogens is 395 g/mol. The summed E-state index contributed by atoms with van der Waals surface area (Å²) in [6.45, 7) is 0. The molecule has 0 atom stereocenters. The number of esters is 1. The van der Waals surface area contributed by atoms with Crippen LogP contribution in [0.3, 0.4) is 0 Å². The van der Waals surface area contributed by atoms with Crippen LogP contribution in [0.4, 0.5) is 5.69 Å². The number of rotatable bonds is 7. The van der Waals surface area contributed by atoms with Crippen LogP contribution < -0.4 is 15.6 Å². The number of hydrogen-bond donors (Lipinski definition) is 2. The van der Waals surface area contributed by atoms with Gasteiger partial charge in [0.2, 0.25) is 5.76 Å². The molecule has 0 bridgehead atoms. The lowest BCUT2D eigenvalue weighted by molar-refractivity contribution is -0.138. The van der Waals surface area contributed by atoms with Crippen molar-refractivity contribution in [3.8, 4) is 5.75 Å². The summed E-state index contributed by atoms with van der Waals surface area (Å²) in [4.78, 5) is 24.3. The van der Waals surface area contributed by atoms with Crippen molar-refractivity contribution in [2.45, 2.75) is 0 Å². The van der Waals surface area contributed by atoms with Crippen molar-refractivity contribution in [1.29, 1.82) is 0 Å². The fraction of sp³-hybridized carbons (Fsp3) is 0.111. The van der Waals surface area contributed by atoms with Crippen molar-refractivity contribution >= 4 is 40.8 Å². The van der Waals surface area contributed by atoms with Crippen LogP contribution >= 0.6 is 23.2 Å². The number of anilines is 1. The van der Waals surface area contributed by atoms with Crippen molar-refractivity contribution in [3.63, 3.8) is 0 Å². The van der Waals surface area contributed by atoms with Crippen molar-refractivity contribution in [2.75, 3.05) is 19.6 Å². The van der Waals surface area contributed by atoms with Crippen molar-refractivity contribution in [1.82, 2.24) is 5.43 Å². The third kappa shape index (κ3) is 5.54. The average Bonchev–Trinajstić information content (AvgIpc) is 2.67. The largest absolute Gasteiger partial charge is 0.500 e. The molecule has 2 rings (SSSR count). The van der Waals surface area contributed by atoms with Crippen molar-refractivity contribution < 1.29 is 23.8 Å². The quantitative estimate of drug-likeness (QED) is 0.312. The van der Waals surface area contributed by atoms with Gasteiger partial charge in [-0.2, -0.15) is 0 Å². The molecule has 0 saturated carbocycles. The monoisotopic (exact) mass is 410 g/mol. The van der Waals surface area contributed by atoms with E-state index in [1.807, 2.05) is 0 Å². The molecule has 27 heavy (non-hydrogen) atoms. The number of halogens is 2. The first-order valence-corrected chi connectivity index (χ1v) is 8.31. The first-order chi connectivity index (χ1) is 13.0. The standard InChI is InChI=1S/C18H16Cl2N2O5/c1-25-10-16(18(24)26-2)27-15-8-7-11(19)9-12(15)17(23)22-21-14-6-4-3-5-13(14)20/h3-10,21H,1-2H3,(H,22,23). The zero-order chi connectivity index (χ0) is 19.8. The fourth-order valence-electron chi connectivity index (χ4n) is 1.96. The zero-order valence-electron chi connectivity index (χ0n) is 14.4. The van der Waals surface area contributed by atoms with Crippen LogP contribution in [-0.4, -0.2) is 26.1 Å². The number of para-hydroxylation sites is 1. The third-order valence-corrected chi connectivity index (χ3v) is 3.77. The molecule has 0 spiro atoms. The minimum atomic E-state index is -0.771. The first kappa shape index (κ1) is 20.4. The Balaban J connectivity index is 2.24. The van der Waals surface area contributed by atoms with E-state index in [2.05, 4.69) is 15.6 Å². The Morgan fingerprint density at radius 1 is 1.07 bits per heavy atom. The smallest absolute Gasteiger partial charge is 0.377 e. The van der Waals surface area contributed by atoms with Gasteiger partial charge < -0.3 is 14.2 Å². The number of amides is 1. The Morgan fingerprint density at radius 2 is 1.81 bits per heavy atom. The topological polar surface area (TPSA) is 85.9 Å². The van der Waals surface area contributed by atoms with Crippen LogP contribution in [0.25, 0.3) is 0 Å². The molecule has 0 fully saturated rings. The lowest BCUT2D eigenvalue weighted by Gasteiger charge is -2.14. The number of hydrogen-bond acceptors (Lipinski definition) is 6. The maximum atomic E-state index is 12.6. The summed E-state index contributed by atoms with van der Waals surface area (Å²) in [6, 6.07) is 11.2. The molecular formula is C18H16Cl2N2O5. The molecule has 2 aromatic carbocycles. The molecule has 0 aromatic heterocycles. The molecule has 1 amide bonds. The number of nitrogens with one attached hydrogen (secondary N) is 2. The highest BCUT2D eigenvalue weighted by Crippen LogP contribution is 2.25. The molecule has 0 aliphatic carbocycles. The maximum absolute atomic E-state index is 12.6. The summed E-state index contributed by atoms with van der Waals surface area (Å²) in [6.07, 6.45) is 1.06. The van der Waals surface area contributed by atoms with E-state index in [1.54, 1.807) is 24.3 Å². The average molecular weight is 411 g/mol. The van der Waals surface area contributed by atoms with Crippen LogP contribution in [-0.2, 0) is 14.3 Å². The third-order valence-electron chi connectivity index (χ3n) is 3.20. The van der Waals surface area contributed by atoms with Gasteiger partial charge in [0.25, 0.3) is 5.91 Å². The number of carbonyl (C=O) groups excluding carboxylic acids is 2. The second-order valence-corrected chi connectivity index (χ2v) is 5.85. The molecule has 7 nitrogen and oxygen atoms in total. The number of ether oxygens (including phenoxy) is 3. The van der Waals surface area contributed by atoms with Gasteiger partial charge in [-0.25, -0.2) is 4.79 Å². The second-order valence-electron chi connectivity index (χ2n) is 5.01. The fourth-order valence-corrected chi connectivity index (χ4v) is 2.32. The van der Waals surface area contributed by atoms with Gasteiger partial charge in [0.1, 0.15) is 12.0 Å². The van der Waals surface area contributed by atoms with Crippen molar-refractivity contribution in [2.24, 2.45) is 0 Å². The summed E-state index contributed by atoms with van der Waals surface area (Å²) in [5.41, 5.74) is 5.79. The molecule has 0 heterocycles. The highest BCUT2D eigenvalue weighted by molar-refractivity contribution is 6.33. The highest BCUT2D eigenvalue weighted by atomic mass is 35.5. The Kier molecular flexibility index (Phi) is 7.34. The number of benzene rings is 2. The molecule has 142 valence electrons. The molecule has 2 N–H and O–H groups in total. The zero-order valence-corrected chi connectivity index (χ0v) is 15.9. The van der Waals surface area contributed by atoms with Gasteiger partial charge in [-0.05, 0) is 30.3 Å². The van der Waals surface area contributed by atoms with Gasteiger partial charge in [-0.3, -0.25) is 15.6 Å². The molecule has 0 radical (unpaired) electrons. The number of hydrazine groups is 1. The van der Waals surface area contributed by atoms with Gasteiger partial charge in [-0.15, -0.1) is 0 Å². The summed E-state index contributed by atoms with van der Waals surface area (Å²) in [5, 5.41) is 0.733. The molecule has 2 aromatic rings. The molecule has 9 heteroatoms. The van der Waals surface area contributed by atoms with Gasteiger partial charge >= 0.3 is 5.97 Å². The van der Waals surface area contributed by atoms with E-state index in [4.69, 9.17) is 32.7 Å². The maximum Gasteiger partial charge on any atom is 0.377 e. The van der Waals surface area contributed by atoms with Crippen LogP contribution in [0.1, 0.15) is 10.4 Å². The Labute approximate surface area is 165 Å². The lowest BCUT2D eigenvalue weighted by Crippen LogP contribution is -2.30. The Morgan fingerprint density at radius 3 is 2.48 bits per heavy atom. The minimum Gasteiger partial charge on any atom is -0.500 e. The Hall–Kier alpha value is -2.90. The van der Waals surface area contributed by atoms with E-state index in [9.17, 15) is 9.59 Å². The van der Waals surface area contributed by atoms with Gasteiger partial charge in [0, 0.05) is 5.02 Å². The molecule has 0 aliphatic rings. The van der Waals surface area contributed by atoms with E-state index in [1.165, 1.54) is 32.4 Å². The van der Waals surface area contributed by atoms with E-state index >= 15 is 0 Å². The van der Waals surface area contributed by atoms with Crippen LogP contribution in [0.15, 0.2) is 54.5 Å². The highest BCUT2D eigenvalue weighted by Gasteiger charge is 2.19. The lowest BCUT2D eigenvalue weighted by atomic mass is 10.2.